The van der Waals surface area contributed by atoms with Crippen molar-refractivity contribution < 1.29 is 26.3 Å². The van der Waals surface area contributed by atoms with E-state index in [1.165, 1.54) is 0 Å². The monoisotopic (exact) mass is 1050 g/mol. The lowest BCUT2D eigenvalue weighted by atomic mass is 9.93. The lowest BCUT2D eigenvalue weighted by Gasteiger charge is -2.21. The number of hydrogen-bond acceptors (Lipinski definition) is 1. The van der Waals surface area contributed by atoms with Gasteiger partial charge in [0.15, 0.2) is 0 Å². The summed E-state index contributed by atoms with van der Waals surface area (Å²) in [5, 5.41) is 18.9. The highest BCUT2D eigenvalue weighted by Crippen LogP contribution is 2.46. The molecule has 4 aromatic heterocycles. The lowest BCUT2D eigenvalue weighted by Crippen LogP contribution is -2.11. The molecular weight excluding hydrogens is 1010 g/mol. The molecule has 0 bridgehead atoms. The quantitative estimate of drug-likeness (QED) is 0.153. The number of alkyl halides is 6. The fourth-order valence-corrected chi connectivity index (χ4v) is 12.4. The molecule has 15 rings (SSSR count). The third kappa shape index (κ3) is 7.12. The second-order valence-electron chi connectivity index (χ2n) is 20.2. The van der Waals surface area contributed by atoms with Crippen LogP contribution in [0.5, 0.6) is 0 Å². The van der Waals surface area contributed by atoms with E-state index < -0.39 is 23.5 Å². The molecule has 0 radical (unpaired) electrons. The van der Waals surface area contributed by atoms with Crippen LogP contribution in [0.15, 0.2) is 237 Å². The second-order valence-corrected chi connectivity index (χ2v) is 20.2. The zero-order chi connectivity index (χ0) is 54.2. The number of hydrogen-bond donors (Lipinski definition) is 0. The van der Waals surface area contributed by atoms with Crippen molar-refractivity contribution in [1.29, 1.82) is 5.26 Å². The number of rotatable bonds is 6. The molecule has 4 heterocycles. The zero-order valence-electron chi connectivity index (χ0n) is 42.0. The number of nitrogens with zero attached hydrogens (tertiary/aromatic N) is 5. The Hall–Kier alpha value is -10.3. The first-order chi connectivity index (χ1) is 38.9. The summed E-state index contributed by atoms with van der Waals surface area (Å²) >= 11 is 0. The van der Waals surface area contributed by atoms with Crippen molar-refractivity contribution in [3.05, 3.63) is 253 Å². The Bertz CT molecular complexity index is 5000. The minimum Gasteiger partial charge on any atom is -0.309 e. The summed E-state index contributed by atoms with van der Waals surface area (Å²) in [6, 6.07) is 76.1. The fraction of sp³-hybridized carbons (Fsp3) is 0.0290. The number of fused-ring (bicyclic) bond motifs is 12. The van der Waals surface area contributed by atoms with Crippen molar-refractivity contribution in [2.24, 2.45) is 0 Å². The molecule has 0 aliphatic heterocycles. The number of nitriles is 1. The molecule has 15 aromatic rings. The summed E-state index contributed by atoms with van der Waals surface area (Å²) in [5.74, 6) is 0. The molecule has 0 N–H and O–H groups in total. The first-order valence-corrected chi connectivity index (χ1v) is 25.9. The van der Waals surface area contributed by atoms with Gasteiger partial charge in [-0.1, -0.05) is 115 Å². The van der Waals surface area contributed by atoms with Crippen LogP contribution in [0.2, 0.25) is 0 Å². The maximum atomic E-state index is 14.6. The smallest absolute Gasteiger partial charge is 0.309 e. The first kappa shape index (κ1) is 46.9. The lowest BCUT2D eigenvalue weighted by molar-refractivity contribution is -0.143. The molecule has 0 spiro atoms. The van der Waals surface area contributed by atoms with E-state index >= 15 is 0 Å². The van der Waals surface area contributed by atoms with Gasteiger partial charge in [-0.2, -0.15) is 31.6 Å². The zero-order valence-corrected chi connectivity index (χ0v) is 42.0. The summed E-state index contributed by atoms with van der Waals surface area (Å²) in [6.45, 7) is 0. The van der Waals surface area contributed by atoms with E-state index in [2.05, 4.69) is 115 Å². The second kappa shape index (κ2) is 17.3. The highest BCUT2D eigenvalue weighted by atomic mass is 19.4. The van der Waals surface area contributed by atoms with Gasteiger partial charge < -0.3 is 18.3 Å². The molecule has 0 fully saturated rings. The largest absolute Gasteiger partial charge is 0.416 e. The third-order valence-corrected chi connectivity index (χ3v) is 15.8. The molecule has 0 unspecified atom stereocenters. The molecule has 382 valence electrons. The molecule has 0 amide bonds. The summed E-state index contributed by atoms with van der Waals surface area (Å²) in [4.78, 5) is 0. The van der Waals surface area contributed by atoms with E-state index in [0.717, 1.165) is 111 Å². The van der Waals surface area contributed by atoms with Crippen LogP contribution >= 0.6 is 0 Å². The maximum Gasteiger partial charge on any atom is 0.416 e. The van der Waals surface area contributed by atoms with Crippen molar-refractivity contribution in [1.82, 2.24) is 18.3 Å². The van der Waals surface area contributed by atoms with Crippen LogP contribution in [0.3, 0.4) is 0 Å². The summed E-state index contributed by atoms with van der Waals surface area (Å²) in [5.41, 5.74) is 8.81. The van der Waals surface area contributed by atoms with Gasteiger partial charge in [-0.3, -0.25) is 0 Å². The van der Waals surface area contributed by atoms with E-state index in [1.807, 2.05) is 97.1 Å². The van der Waals surface area contributed by atoms with E-state index in [1.54, 1.807) is 30.3 Å². The van der Waals surface area contributed by atoms with E-state index in [9.17, 15) is 31.6 Å². The Balaban J connectivity index is 1.01. The molecule has 11 heteroatoms. The molecule has 11 aromatic carbocycles. The van der Waals surface area contributed by atoms with Crippen molar-refractivity contribution in [2.45, 2.75) is 12.4 Å². The third-order valence-electron chi connectivity index (χ3n) is 15.8. The van der Waals surface area contributed by atoms with Gasteiger partial charge in [-0.25, -0.2) is 0 Å². The minimum atomic E-state index is -5.08. The number of para-hydroxylation sites is 6. The van der Waals surface area contributed by atoms with Crippen LogP contribution in [0, 0.1) is 11.3 Å². The van der Waals surface area contributed by atoms with Gasteiger partial charge in [0.05, 0.1) is 78.3 Å². The predicted octanol–water partition coefficient (Wildman–Crippen LogP) is 19.3. The molecule has 0 aliphatic rings. The Morgan fingerprint density at radius 3 is 1.01 bits per heavy atom. The average molecular weight is 1050 g/mol. The number of halogens is 6. The summed E-state index contributed by atoms with van der Waals surface area (Å²) in [7, 11) is 0. The van der Waals surface area contributed by atoms with Crippen LogP contribution in [0.4, 0.5) is 26.3 Å². The Morgan fingerprint density at radius 2 is 0.625 bits per heavy atom. The van der Waals surface area contributed by atoms with Crippen molar-refractivity contribution in [2.75, 3.05) is 0 Å². The van der Waals surface area contributed by atoms with Gasteiger partial charge in [0.2, 0.25) is 0 Å². The molecule has 0 saturated heterocycles. The number of benzene rings is 11. The van der Waals surface area contributed by atoms with E-state index in [-0.39, 0.29) is 17.2 Å². The normalized spacial score (nSPS) is 12.4. The van der Waals surface area contributed by atoms with Gasteiger partial charge >= 0.3 is 12.4 Å². The van der Waals surface area contributed by atoms with E-state index in [4.69, 9.17) is 0 Å². The van der Waals surface area contributed by atoms with Crippen LogP contribution in [0.1, 0.15) is 16.7 Å². The molecular formula is C69H39F6N5. The first-order valence-electron chi connectivity index (χ1n) is 25.9. The van der Waals surface area contributed by atoms with Gasteiger partial charge in [0.25, 0.3) is 0 Å². The predicted molar refractivity (Wildman–Crippen MR) is 309 cm³/mol. The van der Waals surface area contributed by atoms with Crippen LogP contribution in [-0.4, -0.2) is 18.3 Å². The summed E-state index contributed by atoms with van der Waals surface area (Å²) < 4.78 is 96.3. The summed E-state index contributed by atoms with van der Waals surface area (Å²) in [6.07, 6.45) is -10.2. The van der Waals surface area contributed by atoms with Crippen molar-refractivity contribution in [3.63, 3.8) is 0 Å². The standard InChI is InChI=1S/C69H39F6N5/c70-68(71,72)44-34-43(35-45(37-44)69(73,74)75)42-26-30-65(80-63-24-12-6-18-53(63)57-39-47(28-32-67(57)80)78-60-21-9-3-15-50(60)51-16-4-10-22-61(51)78)55(36-42)54-33-41(40-76)25-29-64(54)79-62-23-11-5-17-52(62)56-38-46(27-31-66(56)79)77-58-19-7-1-13-48(58)49-14-2-8-20-59(49)77/h1-39H. The van der Waals surface area contributed by atoms with Crippen molar-refractivity contribution in [3.8, 4) is 51.1 Å². The highest BCUT2D eigenvalue weighted by Gasteiger charge is 2.37. The molecule has 0 atom stereocenters. The van der Waals surface area contributed by atoms with Gasteiger partial charge in [-0.05, 0) is 132 Å². The Kier molecular flexibility index (Phi) is 10.2. The topological polar surface area (TPSA) is 43.5 Å². The minimum absolute atomic E-state index is 0.112. The maximum absolute atomic E-state index is 14.6. The van der Waals surface area contributed by atoms with Crippen LogP contribution < -0.4 is 0 Å². The fourth-order valence-electron chi connectivity index (χ4n) is 12.4. The van der Waals surface area contributed by atoms with Gasteiger partial charge in [0, 0.05) is 65.6 Å². The van der Waals surface area contributed by atoms with Gasteiger partial charge in [-0.15, -0.1) is 0 Å². The van der Waals surface area contributed by atoms with Crippen LogP contribution in [-0.2, 0) is 12.4 Å². The highest BCUT2D eigenvalue weighted by molar-refractivity contribution is 6.15. The number of aromatic nitrogens is 4. The van der Waals surface area contributed by atoms with Crippen molar-refractivity contribution >= 4 is 87.2 Å². The Morgan fingerprint density at radius 1 is 0.287 bits per heavy atom. The molecule has 5 nitrogen and oxygen atoms in total. The van der Waals surface area contributed by atoms with Crippen LogP contribution in [0.25, 0.3) is 132 Å². The molecule has 0 saturated carbocycles. The molecule has 0 aliphatic carbocycles. The van der Waals surface area contributed by atoms with Gasteiger partial charge in [0.1, 0.15) is 0 Å². The average Bonchev–Trinajstić information content (AvgIpc) is 4.33. The Labute approximate surface area is 451 Å². The van der Waals surface area contributed by atoms with E-state index in [0.29, 0.717) is 28.1 Å². The molecule has 80 heavy (non-hydrogen) atoms. The SMILES string of the molecule is N#Cc1ccc(-n2c3ccccc3c3cc(-n4c5ccccc5c5ccccc54)ccc32)c(-c2cc(-c3cc(C(F)(F)F)cc(C(F)(F)F)c3)ccc2-n2c3ccccc3c3cc(-n4c5ccccc5c5ccccc54)ccc32)c1.